The van der Waals surface area contributed by atoms with E-state index in [0.29, 0.717) is 28.5 Å². The smallest absolute Gasteiger partial charge is 0.146 e. The molecule has 0 spiro atoms. The van der Waals surface area contributed by atoms with E-state index in [2.05, 4.69) is 9.83 Å². The number of nitrogens with two attached hydrogens (primary N) is 1. The van der Waals surface area contributed by atoms with Crippen LogP contribution < -0.4 is 10.7 Å². The molecular weight excluding hydrogens is 264 g/mol. The molecule has 1 aliphatic rings. The number of aliphatic hydroxyl groups excluding tert-OH is 1. The molecule has 0 saturated heterocycles. The number of rotatable bonds is 3. The highest BCUT2D eigenvalue weighted by molar-refractivity contribution is 6.30. The zero-order valence-corrected chi connectivity index (χ0v) is 11.0. The Bertz CT molecular complexity index is 521. The SMILES string of the molecule is NOc1ccc(C(O)C2=C(Cl)CCC=CC=N2)cc1. The highest BCUT2D eigenvalue weighted by Gasteiger charge is 2.17. The average Bonchev–Trinajstić information content (AvgIpc) is 2.43. The maximum absolute atomic E-state index is 10.3. The molecule has 1 unspecified atom stereocenters. The van der Waals surface area contributed by atoms with Gasteiger partial charge in [-0.3, -0.25) is 4.99 Å². The van der Waals surface area contributed by atoms with Crippen molar-refractivity contribution in [3.8, 4) is 5.75 Å². The topological polar surface area (TPSA) is 67.8 Å². The lowest BCUT2D eigenvalue weighted by Crippen LogP contribution is -2.04. The number of aliphatic hydroxyl groups is 1. The predicted octanol–water partition coefficient (Wildman–Crippen LogP) is 2.84. The molecular formula is C14H15ClN2O2. The summed E-state index contributed by atoms with van der Waals surface area (Å²) in [6.45, 7) is 0. The summed E-state index contributed by atoms with van der Waals surface area (Å²) in [5.74, 6) is 5.58. The fourth-order valence-electron chi connectivity index (χ4n) is 1.79. The minimum atomic E-state index is -0.859. The second-order valence-electron chi connectivity index (χ2n) is 4.12. The van der Waals surface area contributed by atoms with Gasteiger partial charge in [-0.2, -0.15) is 5.90 Å². The summed E-state index contributed by atoms with van der Waals surface area (Å²) < 4.78 is 0. The van der Waals surface area contributed by atoms with E-state index in [9.17, 15) is 5.11 Å². The van der Waals surface area contributed by atoms with E-state index in [1.807, 2.05) is 12.2 Å². The third-order valence-corrected chi connectivity index (χ3v) is 3.22. The minimum Gasteiger partial charge on any atom is -0.412 e. The maximum Gasteiger partial charge on any atom is 0.146 e. The Kier molecular flexibility index (Phi) is 4.74. The van der Waals surface area contributed by atoms with Gasteiger partial charge in [-0.25, -0.2) is 0 Å². The molecule has 0 bridgehead atoms. The number of allylic oxidation sites excluding steroid dienone is 3. The molecule has 100 valence electrons. The minimum absolute atomic E-state index is 0.479. The molecule has 1 aliphatic heterocycles. The molecule has 19 heavy (non-hydrogen) atoms. The summed E-state index contributed by atoms with van der Waals surface area (Å²) >= 11 is 6.19. The molecule has 1 aromatic carbocycles. The van der Waals surface area contributed by atoms with E-state index < -0.39 is 6.10 Å². The highest BCUT2D eigenvalue weighted by Crippen LogP contribution is 2.30. The van der Waals surface area contributed by atoms with Gasteiger partial charge in [0.15, 0.2) is 0 Å². The largest absolute Gasteiger partial charge is 0.412 e. The van der Waals surface area contributed by atoms with Crippen molar-refractivity contribution >= 4 is 17.8 Å². The van der Waals surface area contributed by atoms with Gasteiger partial charge in [0.1, 0.15) is 11.9 Å². The summed E-state index contributed by atoms with van der Waals surface area (Å²) in [6.07, 6.45) is 6.12. The van der Waals surface area contributed by atoms with E-state index in [1.54, 1.807) is 30.5 Å². The van der Waals surface area contributed by atoms with Crippen LogP contribution in [-0.4, -0.2) is 11.3 Å². The summed E-state index contributed by atoms with van der Waals surface area (Å²) in [7, 11) is 0. The number of aliphatic imine (C=N–C) groups is 1. The van der Waals surface area contributed by atoms with E-state index in [4.69, 9.17) is 17.5 Å². The molecule has 5 heteroatoms. The van der Waals surface area contributed by atoms with Crippen molar-refractivity contribution in [2.45, 2.75) is 18.9 Å². The van der Waals surface area contributed by atoms with Crippen LogP contribution in [0.4, 0.5) is 0 Å². The molecule has 0 radical (unpaired) electrons. The van der Waals surface area contributed by atoms with Crippen LogP contribution >= 0.6 is 11.6 Å². The van der Waals surface area contributed by atoms with Crippen molar-refractivity contribution in [3.05, 3.63) is 52.7 Å². The lowest BCUT2D eigenvalue weighted by atomic mass is 10.0. The van der Waals surface area contributed by atoms with E-state index in [-0.39, 0.29) is 0 Å². The number of hydrogen-bond acceptors (Lipinski definition) is 4. The van der Waals surface area contributed by atoms with Crippen LogP contribution in [0.2, 0.25) is 0 Å². The Hall–Kier alpha value is -1.62. The first-order chi connectivity index (χ1) is 9.22. The second-order valence-corrected chi connectivity index (χ2v) is 4.58. The van der Waals surface area contributed by atoms with Gasteiger partial charge in [-0.05, 0) is 36.6 Å². The molecule has 0 aromatic heterocycles. The normalized spacial score (nSPS) is 17.0. The van der Waals surface area contributed by atoms with Gasteiger partial charge in [0.05, 0.1) is 5.70 Å². The van der Waals surface area contributed by atoms with E-state index in [1.165, 1.54) is 0 Å². The number of hydrogen-bond donors (Lipinski definition) is 2. The molecule has 1 atom stereocenters. The Balaban J connectivity index is 2.27. The van der Waals surface area contributed by atoms with Crippen LogP contribution in [0.25, 0.3) is 0 Å². The monoisotopic (exact) mass is 278 g/mol. The second kappa shape index (κ2) is 6.52. The molecule has 0 fully saturated rings. The molecule has 0 amide bonds. The molecule has 2 rings (SSSR count). The van der Waals surface area contributed by atoms with Crippen LogP contribution in [0, 0.1) is 0 Å². The van der Waals surface area contributed by atoms with Crippen molar-refractivity contribution in [2.75, 3.05) is 0 Å². The zero-order valence-electron chi connectivity index (χ0n) is 10.3. The Morgan fingerprint density at radius 2 is 2.05 bits per heavy atom. The Morgan fingerprint density at radius 3 is 2.74 bits per heavy atom. The first kappa shape index (κ1) is 13.8. The number of benzene rings is 1. The Morgan fingerprint density at radius 1 is 1.32 bits per heavy atom. The van der Waals surface area contributed by atoms with Crippen LogP contribution in [0.1, 0.15) is 24.5 Å². The Labute approximate surface area is 116 Å². The summed E-state index contributed by atoms with van der Waals surface area (Å²) in [5.41, 5.74) is 1.17. The fraction of sp³-hybridized carbons (Fsp3) is 0.214. The standard InChI is InChI=1S/C14H15ClN2O2/c15-12-4-2-1-3-9-17-13(12)14(18)10-5-7-11(19-16)8-6-10/h1,3,5-9,14,18H,2,4,16H2. The van der Waals surface area contributed by atoms with Crippen molar-refractivity contribution in [2.24, 2.45) is 10.9 Å². The quantitative estimate of drug-likeness (QED) is 0.836. The van der Waals surface area contributed by atoms with Crippen LogP contribution in [0.3, 0.4) is 0 Å². The van der Waals surface area contributed by atoms with Gasteiger partial charge in [-0.15, -0.1) is 0 Å². The van der Waals surface area contributed by atoms with Crippen molar-refractivity contribution < 1.29 is 9.94 Å². The molecule has 0 aliphatic carbocycles. The van der Waals surface area contributed by atoms with E-state index >= 15 is 0 Å². The maximum atomic E-state index is 10.3. The molecule has 3 N–H and O–H groups in total. The highest BCUT2D eigenvalue weighted by atomic mass is 35.5. The van der Waals surface area contributed by atoms with Gasteiger partial charge < -0.3 is 9.94 Å². The molecule has 4 nitrogen and oxygen atoms in total. The van der Waals surface area contributed by atoms with Crippen LogP contribution in [-0.2, 0) is 0 Å². The first-order valence-electron chi connectivity index (χ1n) is 5.95. The van der Waals surface area contributed by atoms with Gasteiger partial charge >= 0.3 is 0 Å². The zero-order chi connectivity index (χ0) is 13.7. The van der Waals surface area contributed by atoms with Crippen molar-refractivity contribution in [3.63, 3.8) is 0 Å². The van der Waals surface area contributed by atoms with Gasteiger partial charge in [0.2, 0.25) is 0 Å². The summed E-state index contributed by atoms with van der Waals surface area (Å²) in [4.78, 5) is 8.81. The molecule has 1 aromatic rings. The summed E-state index contributed by atoms with van der Waals surface area (Å²) in [6, 6.07) is 6.82. The fourth-order valence-corrected chi connectivity index (χ4v) is 2.06. The molecule has 1 heterocycles. The van der Waals surface area contributed by atoms with Crippen LogP contribution in [0.15, 0.2) is 52.1 Å². The van der Waals surface area contributed by atoms with Crippen molar-refractivity contribution in [1.29, 1.82) is 0 Å². The van der Waals surface area contributed by atoms with E-state index in [0.717, 1.165) is 6.42 Å². The third-order valence-electron chi connectivity index (χ3n) is 2.84. The summed E-state index contributed by atoms with van der Waals surface area (Å²) in [5, 5.41) is 10.9. The van der Waals surface area contributed by atoms with Crippen molar-refractivity contribution in [1.82, 2.24) is 0 Å². The van der Waals surface area contributed by atoms with Gasteiger partial charge in [0, 0.05) is 11.2 Å². The first-order valence-corrected chi connectivity index (χ1v) is 6.32. The average molecular weight is 279 g/mol. The lowest BCUT2D eigenvalue weighted by molar-refractivity contribution is 0.213. The number of halogens is 1. The number of nitrogens with zero attached hydrogens (tertiary/aromatic N) is 1. The third kappa shape index (κ3) is 3.44. The van der Waals surface area contributed by atoms with Gasteiger partial charge in [0.25, 0.3) is 0 Å². The molecule has 0 saturated carbocycles. The lowest BCUT2D eigenvalue weighted by Gasteiger charge is -2.15. The predicted molar refractivity (Wildman–Crippen MR) is 76.0 cm³/mol. The van der Waals surface area contributed by atoms with Gasteiger partial charge in [-0.1, -0.05) is 29.8 Å². The van der Waals surface area contributed by atoms with Crippen LogP contribution in [0.5, 0.6) is 5.75 Å².